The number of hydrogen-bond donors (Lipinski definition) is 0. The molecule has 6 heteroatoms. The van der Waals surface area contributed by atoms with Crippen molar-refractivity contribution in [2.45, 2.75) is 26.2 Å². The molecule has 0 amide bonds. The maximum atomic E-state index is 7.04. The molecule has 0 atom stereocenters. The predicted molar refractivity (Wildman–Crippen MR) is 224 cm³/mol. The maximum absolute atomic E-state index is 7.04. The highest BCUT2D eigenvalue weighted by Gasteiger charge is 2.48. The van der Waals surface area contributed by atoms with Crippen LogP contribution in [-0.4, -0.2) is 6.71 Å². The van der Waals surface area contributed by atoms with Crippen molar-refractivity contribution in [1.82, 2.24) is 0 Å². The van der Waals surface area contributed by atoms with Crippen LogP contribution in [0.4, 0.5) is 51.2 Å². The van der Waals surface area contributed by atoms with Crippen molar-refractivity contribution in [1.29, 1.82) is 0 Å². The van der Waals surface area contributed by atoms with E-state index in [-0.39, 0.29) is 12.1 Å². The summed E-state index contributed by atoms with van der Waals surface area (Å²) in [5, 5.41) is 1.10. The summed E-state index contributed by atoms with van der Waals surface area (Å²) >= 11 is 0. The summed E-state index contributed by atoms with van der Waals surface area (Å²) in [6.45, 7) is 6.75. The van der Waals surface area contributed by atoms with Crippen molar-refractivity contribution >= 4 is 85.5 Å². The Labute approximate surface area is 315 Å². The van der Waals surface area contributed by atoms with Gasteiger partial charge in [-0.05, 0) is 107 Å². The van der Waals surface area contributed by atoms with Crippen LogP contribution >= 0.6 is 0 Å². The first-order valence-corrected chi connectivity index (χ1v) is 18.6. The Kier molecular flexibility index (Phi) is 6.54. The molecule has 2 bridgehead atoms. The van der Waals surface area contributed by atoms with Crippen molar-refractivity contribution in [3.63, 3.8) is 0 Å². The largest absolute Gasteiger partial charge is 0.468 e. The second-order valence-corrected chi connectivity index (χ2v) is 15.4. The zero-order valence-electron chi connectivity index (χ0n) is 30.3. The molecule has 0 fully saturated rings. The molecular weight excluding hydrogens is 661 g/mol. The first-order valence-electron chi connectivity index (χ1n) is 18.6. The Balaban J connectivity index is 1.29. The lowest BCUT2D eigenvalue weighted by molar-refractivity contribution is 0.484. The van der Waals surface area contributed by atoms with Crippen molar-refractivity contribution in [2.24, 2.45) is 0 Å². The van der Waals surface area contributed by atoms with Gasteiger partial charge < -0.3 is 23.9 Å². The third kappa shape index (κ3) is 4.46. The second-order valence-electron chi connectivity index (χ2n) is 15.4. The van der Waals surface area contributed by atoms with E-state index in [0.717, 1.165) is 79.3 Å². The highest BCUT2D eigenvalue weighted by Crippen LogP contribution is 2.52. The van der Waals surface area contributed by atoms with E-state index < -0.39 is 0 Å². The van der Waals surface area contributed by atoms with E-state index in [1.54, 1.807) is 0 Å². The van der Waals surface area contributed by atoms with E-state index in [2.05, 4.69) is 193 Å². The number of para-hydroxylation sites is 7. The quantitative estimate of drug-likeness (QED) is 0.168. The molecule has 5 nitrogen and oxygen atoms in total. The maximum Gasteiger partial charge on any atom is 0.297 e. The van der Waals surface area contributed by atoms with Crippen LogP contribution in [0, 0.1) is 0 Å². The summed E-state index contributed by atoms with van der Waals surface area (Å²) in [6, 6.07) is 58.3. The first kappa shape index (κ1) is 30.9. The van der Waals surface area contributed by atoms with Gasteiger partial charge in [-0.1, -0.05) is 99.6 Å². The summed E-state index contributed by atoms with van der Waals surface area (Å²) in [5.74, 6) is 1.56. The van der Waals surface area contributed by atoms with Crippen LogP contribution in [0.1, 0.15) is 26.3 Å². The van der Waals surface area contributed by atoms with Crippen LogP contribution < -0.4 is 36.0 Å². The molecule has 7 aromatic carbocycles. The van der Waals surface area contributed by atoms with Gasteiger partial charge in [-0.2, -0.15) is 0 Å². The lowest BCUT2D eigenvalue weighted by Gasteiger charge is -2.44. The minimum atomic E-state index is -0.153. The summed E-state index contributed by atoms with van der Waals surface area (Å²) in [5.41, 5.74) is 15.0. The fraction of sp³-hybridized carbons (Fsp3) is 0.0833. The van der Waals surface area contributed by atoms with Gasteiger partial charge in [0.25, 0.3) is 6.71 Å². The Morgan fingerprint density at radius 2 is 1.06 bits per heavy atom. The van der Waals surface area contributed by atoms with Crippen molar-refractivity contribution in [2.75, 3.05) is 14.7 Å². The smallest absolute Gasteiger partial charge is 0.297 e. The van der Waals surface area contributed by atoms with Crippen molar-refractivity contribution < 1.29 is 9.15 Å². The number of hydrogen-bond acceptors (Lipinski definition) is 5. The van der Waals surface area contributed by atoms with Crippen molar-refractivity contribution in [3.05, 3.63) is 169 Å². The number of nitrogens with zero attached hydrogens (tertiary/aromatic N) is 3. The van der Waals surface area contributed by atoms with E-state index in [4.69, 9.17) is 9.15 Å². The van der Waals surface area contributed by atoms with Gasteiger partial charge in [-0.25, -0.2) is 0 Å². The lowest BCUT2D eigenvalue weighted by Crippen LogP contribution is -2.61. The molecule has 11 rings (SSSR count). The SMILES string of the molecule is CC(C)(C)c1cc2c3c(c1)N(c1ccccc1)c1c(oc4ccccc14)B3c1ccc3cc1N2c1ccccc1Oc1ccccc1N3c1ccccc1. The van der Waals surface area contributed by atoms with Gasteiger partial charge in [0.05, 0.1) is 22.7 Å². The Hall–Kier alpha value is -6.66. The topological polar surface area (TPSA) is 32.1 Å². The molecule has 0 aliphatic carbocycles. The fourth-order valence-electron chi connectivity index (χ4n) is 8.67. The summed E-state index contributed by atoms with van der Waals surface area (Å²) in [6.07, 6.45) is 0. The first-order chi connectivity index (χ1) is 26.4. The monoisotopic (exact) mass is 697 g/mol. The third-order valence-corrected chi connectivity index (χ3v) is 11.1. The number of rotatable bonds is 2. The van der Waals surface area contributed by atoms with E-state index in [9.17, 15) is 0 Å². The molecule has 8 aromatic rings. The van der Waals surface area contributed by atoms with Gasteiger partial charge in [-0.3, -0.25) is 0 Å². The van der Waals surface area contributed by atoms with Gasteiger partial charge in [0.1, 0.15) is 5.58 Å². The zero-order chi connectivity index (χ0) is 36.1. The number of anilines is 9. The van der Waals surface area contributed by atoms with Crippen LogP contribution in [0.5, 0.6) is 11.5 Å². The molecule has 1 aromatic heterocycles. The molecule has 54 heavy (non-hydrogen) atoms. The number of fused-ring (bicyclic) bond motifs is 10. The van der Waals surface area contributed by atoms with Crippen LogP contribution in [-0.2, 0) is 5.41 Å². The molecule has 0 radical (unpaired) electrons. The third-order valence-electron chi connectivity index (χ3n) is 11.1. The minimum Gasteiger partial charge on any atom is -0.468 e. The zero-order valence-corrected chi connectivity index (χ0v) is 30.3. The molecule has 0 saturated heterocycles. The van der Waals surface area contributed by atoms with Gasteiger partial charge in [0, 0.05) is 39.5 Å². The highest BCUT2D eigenvalue weighted by molar-refractivity contribution is 7.00. The molecule has 3 aliphatic rings. The average molecular weight is 698 g/mol. The molecule has 3 aliphatic heterocycles. The Morgan fingerprint density at radius 1 is 0.481 bits per heavy atom. The Bertz CT molecular complexity index is 2770. The number of benzene rings is 7. The molecule has 0 saturated carbocycles. The molecule has 4 heterocycles. The normalized spacial score (nSPS) is 13.8. The number of ether oxygens (including phenoxy) is 1. The highest BCUT2D eigenvalue weighted by atomic mass is 16.5. The van der Waals surface area contributed by atoms with Gasteiger partial charge in [-0.15, -0.1) is 0 Å². The van der Waals surface area contributed by atoms with Crippen LogP contribution in [0.3, 0.4) is 0 Å². The number of furan rings is 1. The average Bonchev–Trinajstić information content (AvgIpc) is 3.58. The fourth-order valence-corrected chi connectivity index (χ4v) is 8.67. The van der Waals surface area contributed by atoms with Crippen LogP contribution in [0.15, 0.2) is 168 Å². The molecule has 0 unspecified atom stereocenters. The Morgan fingerprint density at radius 3 is 1.74 bits per heavy atom. The summed E-state index contributed by atoms with van der Waals surface area (Å²) in [7, 11) is 0. The second kappa shape index (κ2) is 11.4. The standard InChI is InChI=1S/C48H36BN3O2/c1-48(2,3)31-28-40-45-41(29-31)52-38-22-12-15-25-44(38)53-43-24-14-11-21-37(43)50(32-16-6-4-7-17-32)34-26-27-36(39(52)30-34)49(45)47-46(35-20-10-13-23-42(35)54-47)51(40)33-18-8-5-9-19-33/h4-30H,1-3H3. The molecule has 0 spiro atoms. The van der Waals surface area contributed by atoms with E-state index in [0.29, 0.717) is 0 Å². The molecule has 0 N–H and O–H groups in total. The molecule has 258 valence electrons. The predicted octanol–water partition coefficient (Wildman–Crippen LogP) is 11.4. The van der Waals surface area contributed by atoms with E-state index in [1.807, 2.05) is 6.07 Å². The van der Waals surface area contributed by atoms with Gasteiger partial charge >= 0.3 is 0 Å². The lowest BCUT2D eigenvalue weighted by atomic mass is 9.35. The van der Waals surface area contributed by atoms with Crippen molar-refractivity contribution in [3.8, 4) is 11.5 Å². The van der Waals surface area contributed by atoms with E-state index >= 15 is 0 Å². The van der Waals surface area contributed by atoms with Crippen LogP contribution in [0.25, 0.3) is 11.0 Å². The van der Waals surface area contributed by atoms with Gasteiger partial charge in [0.15, 0.2) is 11.5 Å². The minimum absolute atomic E-state index is 0.138. The summed E-state index contributed by atoms with van der Waals surface area (Å²) < 4.78 is 14.1. The molecular formula is C48H36BN3O2. The summed E-state index contributed by atoms with van der Waals surface area (Å²) in [4.78, 5) is 7.17. The van der Waals surface area contributed by atoms with E-state index in [1.165, 1.54) is 16.5 Å². The van der Waals surface area contributed by atoms with Gasteiger partial charge in [0.2, 0.25) is 0 Å². The van der Waals surface area contributed by atoms with Crippen LogP contribution in [0.2, 0.25) is 0 Å².